The van der Waals surface area contributed by atoms with E-state index in [2.05, 4.69) is 15.6 Å². The van der Waals surface area contributed by atoms with E-state index in [4.69, 9.17) is 9.47 Å². The van der Waals surface area contributed by atoms with Gasteiger partial charge in [-0.05, 0) is 49.4 Å². The van der Waals surface area contributed by atoms with Gasteiger partial charge < -0.3 is 20.1 Å². The van der Waals surface area contributed by atoms with Gasteiger partial charge in [-0.25, -0.2) is 4.39 Å². The number of halogens is 1. The van der Waals surface area contributed by atoms with Gasteiger partial charge in [0.1, 0.15) is 5.82 Å². The van der Waals surface area contributed by atoms with E-state index in [9.17, 15) is 14.0 Å². The van der Waals surface area contributed by atoms with Crippen molar-refractivity contribution in [2.24, 2.45) is 0 Å². The Kier molecular flexibility index (Phi) is 5.10. The van der Waals surface area contributed by atoms with Crippen LogP contribution in [0, 0.1) is 12.7 Å². The molecule has 2 amide bonds. The molecule has 4 aromatic rings. The minimum absolute atomic E-state index is 0.136. The van der Waals surface area contributed by atoms with Crippen LogP contribution in [0.15, 0.2) is 66.7 Å². The first-order valence-corrected chi connectivity index (χ1v) is 10.2. The summed E-state index contributed by atoms with van der Waals surface area (Å²) in [6.45, 7) is 1.87. The van der Waals surface area contributed by atoms with Crippen LogP contribution in [0.4, 0.5) is 15.8 Å². The molecule has 7 nitrogen and oxygen atoms in total. The Bertz CT molecular complexity index is 1420. The number of nitrogens with one attached hydrogen (secondary N) is 2. The monoisotopic (exact) mass is 443 g/mol. The summed E-state index contributed by atoms with van der Waals surface area (Å²) in [5.41, 5.74) is 2.45. The highest BCUT2D eigenvalue weighted by molar-refractivity contribution is 6.16. The molecule has 0 saturated carbocycles. The fourth-order valence-corrected chi connectivity index (χ4v) is 3.67. The predicted octanol–water partition coefficient (Wildman–Crippen LogP) is 4.92. The highest BCUT2D eigenvalue weighted by atomic mass is 19.1. The molecule has 2 N–H and O–H groups in total. The number of fused-ring (bicyclic) bond motifs is 2. The topological polar surface area (TPSA) is 89.6 Å². The third kappa shape index (κ3) is 4.06. The molecule has 0 atom stereocenters. The zero-order chi connectivity index (χ0) is 22.9. The Labute approximate surface area is 188 Å². The SMILES string of the molecule is Cc1cc(C(=O)Nc2ccccc2C(=O)Nc2ccc3c(c2)OCO3)c2ccc(F)cc2n1. The number of nitrogens with zero attached hydrogens (tertiary/aromatic N) is 1. The van der Waals surface area contributed by atoms with E-state index in [1.807, 2.05) is 0 Å². The lowest BCUT2D eigenvalue weighted by Gasteiger charge is -2.13. The minimum atomic E-state index is -0.433. The second-order valence-electron chi connectivity index (χ2n) is 7.49. The summed E-state index contributed by atoms with van der Waals surface area (Å²) in [5.74, 6) is -0.105. The summed E-state index contributed by atoms with van der Waals surface area (Å²) in [7, 11) is 0. The number of amides is 2. The molecule has 2 heterocycles. The van der Waals surface area contributed by atoms with Crippen LogP contribution in [0.3, 0.4) is 0 Å². The summed E-state index contributed by atoms with van der Waals surface area (Å²) in [5, 5.41) is 6.13. The number of benzene rings is 3. The van der Waals surface area contributed by atoms with E-state index in [-0.39, 0.29) is 12.4 Å². The number of hydrogen-bond acceptors (Lipinski definition) is 5. The fourth-order valence-electron chi connectivity index (χ4n) is 3.67. The van der Waals surface area contributed by atoms with E-state index >= 15 is 0 Å². The number of rotatable bonds is 4. The van der Waals surface area contributed by atoms with Crippen molar-refractivity contribution in [2.75, 3.05) is 17.4 Å². The normalized spacial score (nSPS) is 11.9. The lowest BCUT2D eigenvalue weighted by atomic mass is 10.1. The van der Waals surface area contributed by atoms with Crippen molar-refractivity contribution < 1.29 is 23.5 Å². The molecule has 0 fully saturated rings. The molecule has 1 aliphatic heterocycles. The number of anilines is 2. The molecule has 164 valence electrons. The van der Waals surface area contributed by atoms with Crippen molar-refractivity contribution >= 4 is 34.1 Å². The van der Waals surface area contributed by atoms with Gasteiger partial charge in [0.15, 0.2) is 11.5 Å². The number of carbonyl (C=O) groups excluding carboxylic acids is 2. The van der Waals surface area contributed by atoms with Gasteiger partial charge in [0.05, 0.1) is 22.3 Å². The molecule has 1 aliphatic rings. The smallest absolute Gasteiger partial charge is 0.257 e. The second-order valence-corrected chi connectivity index (χ2v) is 7.49. The quantitative estimate of drug-likeness (QED) is 0.468. The van der Waals surface area contributed by atoms with Crippen LogP contribution in [0.1, 0.15) is 26.4 Å². The predicted molar refractivity (Wildman–Crippen MR) is 121 cm³/mol. The van der Waals surface area contributed by atoms with Crippen molar-refractivity contribution in [1.29, 1.82) is 0 Å². The molecule has 0 radical (unpaired) electrons. The maximum atomic E-state index is 13.6. The van der Waals surface area contributed by atoms with Gasteiger partial charge in [0.25, 0.3) is 11.8 Å². The molecule has 0 spiro atoms. The van der Waals surface area contributed by atoms with Gasteiger partial charge in [0.2, 0.25) is 6.79 Å². The Balaban J connectivity index is 1.42. The number of aromatic nitrogens is 1. The van der Waals surface area contributed by atoms with Crippen LogP contribution in [0.2, 0.25) is 0 Å². The van der Waals surface area contributed by atoms with Crippen LogP contribution in [-0.2, 0) is 0 Å². The maximum absolute atomic E-state index is 13.6. The molecule has 3 aromatic carbocycles. The third-order valence-corrected chi connectivity index (χ3v) is 5.19. The first-order valence-electron chi connectivity index (χ1n) is 10.2. The van der Waals surface area contributed by atoms with Crippen LogP contribution < -0.4 is 20.1 Å². The molecule has 0 saturated heterocycles. The fraction of sp³-hybridized carbons (Fsp3) is 0.0800. The lowest BCUT2D eigenvalue weighted by Crippen LogP contribution is -2.18. The molecule has 5 rings (SSSR count). The number of pyridine rings is 1. The lowest BCUT2D eigenvalue weighted by molar-refractivity contribution is 0.102. The zero-order valence-corrected chi connectivity index (χ0v) is 17.5. The van der Waals surface area contributed by atoms with E-state index in [1.54, 1.807) is 55.5 Å². The minimum Gasteiger partial charge on any atom is -0.454 e. The van der Waals surface area contributed by atoms with E-state index < -0.39 is 17.6 Å². The molecule has 0 unspecified atom stereocenters. The molecular weight excluding hydrogens is 425 g/mol. The number of aryl methyl sites for hydroxylation is 1. The zero-order valence-electron chi connectivity index (χ0n) is 17.5. The Morgan fingerprint density at radius 3 is 2.55 bits per heavy atom. The van der Waals surface area contributed by atoms with Crippen LogP contribution in [-0.4, -0.2) is 23.6 Å². The number of carbonyl (C=O) groups is 2. The van der Waals surface area contributed by atoms with Crippen LogP contribution >= 0.6 is 0 Å². The molecule has 33 heavy (non-hydrogen) atoms. The number of para-hydroxylation sites is 1. The summed E-state index contributed by atoms with van der Waals surface area (Å²) in [6.07, 6.45) is 0. The molecule has 0 aliphatic carbocycles. The first-order chi connectivity index (χ1) is 16.0. The van der Waals surface area contributed by atoms with Gasteiger partial charge in [-0.3, -0.25) is 14.6 Å². The average Bonchev–Trinajstić information content (AvgIpc) is 3.26. The third-order valence-electron chi connectivity index (χ3n) is 5.19. The molecular formula is C25H18FN3O4. The Hall–Kier alpha value is -4.46. The van der Waals surface area contributed by atoms with Crippen molar-refractivity contribution in [1.82, 2.24) is 4.98 Å². The Morgan fingerprint density at radius 2 is 1.67 bits per heavy atom. The number of ether oxygens (including phenoxy) is 2. The maximum Gasteiger partial charge on any atom is 0.257 e. The number of hydrogen-bond donors (Lipinski definition) is 2. The van der Waals surface area contributed by atoms with Gasteiger partial charge >= 0.3 is 0 Å². The van der Waals surface area contributed by atoms with E-state index in [0.29, 0.717) is 45.0 Å². The van der Waals surface area contributed by atoms with Crippen LogP contribution in [0.5, 0.6) is 11.5 Å². The van der Waals surface area contributed by atoms with Crippen molar-refractivity contribution in [3.05, 3.63) is 89.4 Å². The molecule has 1 aromatic heterocycles. The largest absolute Gasteiger partial charge is 0.454 e. The van der Waals surface area contributed by atoms with Crippen LogP contribution in [0.25, 0.3) is 10.9 Å². The van der Waals surface area contributed by atoms with Gasteiger partial charge in [-0.15, -0.1) is 0 Å². The van der Waals surface area contributed by atoms with Crippen molar-refractivity contribution in [2.45, 2.75) is 6.92 Å². The van der Waals surface area contributed by atoms with Gasteiger partial charge in [-0.1, -0.05) is 12.1 Å². The first kappa shape index (κ1) is 20.4. The molecule has 0 bridgehead atoms. The highest BCUT2D eigenvalue weighted by Gasteiger charge is 2.18. The summed E-state index contributed by atoms with van der Waals surface area (Å²) >= 11 is 0. The van der Waals surface area contributed by atoms with Crippen molar-refractivity contribution in [3.8, 4) is 11.5 Å². The van der Waals surface area contributed by atoms with E-state index in [1.165, 1.54) is 18.2 Å². The highest BCUT2D eigenvalue weighted by Crippen LogP contribution is 2.34. The summed E-state index contributed by atoms with van der Waals surface area (Å²) < 4.78 is 24.3. The van der Waals surface area contributed by atoms with Crippen molar-refractivity contribution in [3.63, 3.8) is 0 Å². The van der Waals surface area contributed by atoms with Gasteiger partial charge in [0, 0.05) is 28.9 Å². The summed E-state index contributed by atoms with van der Waals surface area (Å²) in [6, 6.07) is 17.5. The standard InChI is InChI=1S/C25H18FN3O4/c1-14-10-19(17-8-6-15(26)11-21(17)27-14)25(31)29-20-5-3-2-4-18(20)24(30)28-16-7-9-22-23(12-16)33-13-32-22/h2-12H,13H2,1H3,(H,28,30)(H,29,31). The van der Waals surface area contributed by atoms with Gasteiger partial charge in [-0.2, -0.15) is 0 Å². The Morgan fingerprint density at radius 1 is 0.879 bits per heavy atom. The summed E-state index contributed by atoms with van der Waals surface area (Å²) in [4.78, 5) is 30.4. The average molecular weight is 443 g/mol. The van der Waals surface area contributed by atoms with E-state index in [0.717, 1.165) is 0 Å². The second kappa shape index (κ2) is 8.23. The molecule has 8 heteroatoms.